The van der Waals surface area contributed by atoms with Crippen LogP contribution in [0.3, 0.4) is 0 Å². The van der Waals surface area contributed by atoms with Gasteiger partial charge in [0.05, 0.1) is 30.9 Å². The maximum absolute atomic E-state index is 10.9. The summed E-state index contributed by atoms with van der Waals surface area (Å²) in [7, 11) is 3.28. The predicted octanol–water partition coefficient (Wildman–Crippen LogP) is 1.04. The van der Waals surface area contributed by atoms with Gasteiger partial charge in [0, 0.05) is 25.9 Å². The third-order valence-electron chi connectivity index (χ3n) is 5.02. The van der Waals surface area contributed by atoms with Crippen LogP contribution in [0.2, 0.25) is 0 Å². The number of aromatic nitrogens is 3. The van der Waals surface area contributed by atoms with Crippen LogP contribution < -0.4 is 5.32 Å². The minimum atomic E-state index is -0.881. The quantitative estimate of drug-likeness (QED) is 0.607. The molecule has 9 nitrogen and oxygen atoms in total. The van der Waals surface area contributed by atoms with Crippen LogP contribution >= 0.6 is 0 Å². The van der Waals surface area contributed by atoms with Crippen molar-refractivity contribution in [3.8, 4) is 11.3 Å². The number of nitrogens with zero attached hydrogens (tertiary/aromatic N) is 3. The van der Waals surface area contributed by atoms with E-state index in [0.29, 0.717) is 17.2 Å². The fraction of sp³-hybridized carbons (Fsp3) is 0.444. The molecular formula is C18H22N4O5. The van der Waals surface area contributed by atoms with Crippen LogP contribution in [0.5, 0.6) is 0 Å². The molecule has 3 N–H and O–H groups in total. The van der Waals surface area contributed by atoms with Crippen LogP contribution in [0.15, 0.2) is 35.3 Å². The number of ether oxygens (including phenoxy) is 2. The van der Waals surface area contributed by atoms with Crippen molar-refractivity contribution < 1.29 is 24.1 Å². The molecule has 1 fully saturated rings. The third-order valence-corrected chi connectivity index (χ3v) is 5.02. The standard InChI is InChI=1S/C18H22N4O5/c1-19-17-14-10(12-4-3-5-26-12)6-22(18(14)21-9-20-17)11-8-27-13(7-23)16(25-2)15(11)24/h3-6,9,11,13,15-16,23-24H,7-8H2,1-2H3,(H,19,20,21)/t11?,13-,15?,16-/m1/s1. The molecule has 0 amide bonds. The number of aliphatic hydroxyl groups excluding tert-OH is 2. The number of methoxy groups -OCH3 is 1. The summed E-state index contributed by atoms with van der Waals surface area (Å²) in [5.41, 5.74) is 1.45. The van der Waals surface area contributed by atoms with Gasteiger partial charge in [-0.3, -0.25) is 0 Å². The van der Waals surface area contributed by atoms with E-state index in [1.165, 1.54) is 13.4 Å². The molecule has 0 aromatic carbocycles. The summed E-state index contributed by atoms with van der Waals surface area (Å²) in [6.07, 6.45) is 2.85. The zero-order valence-electron chi connectivity index (χ0n) is 15.1. The summed E-state index contributed by atoms with van der Waals surface area (Å²) in [5, 5.41) is 24.2. The first-order valence-corrected chi connectivity index (χ1v) is 8.70. The summed E-state index contributed by atoms with van der Waals surface area (Å²) in [6.45, 7) is -0.00898. The van der Waals surface area contributed by atoms with Gasteiger partial charge >= 0.3 is 0 Å². The molecule has 4 rings (SSSR count). The first-order chi connectivity index (χ1) is 13.2. The lowest BCUT2D eigenvalue weighted by Gasteiger charge is -2.39. The Balaban J connectivity index is 1.85. The van der Waals surface area contributed by atoms with Gasteiger partial charge in [0.25, 0.3) is 0 Å². The first kappa shape index (κ1) is 17.9. The Kier molecular flexibility index (Phi) is 4.83. The Morgan fingerprint density at radius 3 is 2.93 bits per heavy atom. The first-order valence-electron chi connectivity index (χ1n) is 8.70. The summed E-state index contributed by atoms with van der Waals surface area (Å²) >= 11 is 0. The SMILES string of the molecule is CNc1ncnc2c1c(-c1ccco1)cn2C1CO[C@H](CO)[C@@H](OC)C1O. The van der Waals surface area contributed by atoms with Crippen LogP contribution in [0.25, 0.3) is 22.4 Å². The largest absolute Gasteiger partial charge is 0.464 e. The molecule has 2 unspecified atom stereocenters. The molecule has 0 radical (unpaired) electrons. The Hall–Kier alpha value is -2.46. The van der Waals surface area contributed by atoms with Crippen molar-refractivity contribution in [3.63, 3.8) is 0 Å². The number of nitrogens with one attached hydrogen (secondary N) is 1. The average Bonchev–Trinajstić information content (AvgIpc) is 3.35. The van der Waals surface area contributed by atoms with Crippen LogP contribution in [-0.4, -0.2) is 70.4 Å². The van der Waals surface area contributed by atoms with E-state index in [0.717, 1.165) is 10.9 Å². The third kappa shape index (κ3) is 2.88. The van der Waals surface area contributed by atoms with Gasteiger partial charge in [-0.1, -0.05) is 0 Å². The molecule has 4 atom stereocenters. The summed E-state index contributed by atoms with van der Waals surface area (Å²) in [6, 6.07) is 3.23. The highest BCUT2D eigenvalue weighted by Gasteiger charge is 2.41. The van der Waals surface area contributed by atoms with Gasteiger partial charge in [-0.25, -0.2) is 9.97 Å². The van der Waals surface area contributed by atoms with Gasteiger partial charge in [0.15, 0.2) is 0 Å². The normalized spacial score (nSPS) is 25.8. The van der Waals surface area contributed by atoms with Crippen LogP contribution in [0, 0.1) is 0 Å². The summed E-state index contributed by atoms with van der Waals surface area (Å²) < 4.78 is 18.6. The van der Waals surface area contributed by atoms with Crippen molar-refractivity contribution >= 4 is 16.9 Å². The molecule has 1 aliphatic heterocycles. The molecule has 3 aromatic rings. The van der Waals surface area contributed by atoms with Gasteiger partial charge in [0.1, 0.15) is 41.9 Å². The number of fused-ring (bicyclic) bond motifs is 1. The molecule has 0 bridgehead atoms. The van der Waals surface area contributed by atoms with Crippen molar-refractivity contribution in [2.24, 2.45) is 0 Å². The van der Waals surface area contributed by atoms with Crippen LogP contribution in [0.4, 0.5) is 5.82 Å². The fourth-order valence-corrected chi connectivity index (χ4v) is 3.69. The molecule has 1 aliphatic rings. The van der Waals surface area contributed by atoms with Crippen LogP contribution in [0.1, 0.15) is 6.04 Å². The van der Waals surface area contributed by atoms with E-state index in [1.54, 1.807) is 13.3 Å². The Bertz CT molecular complexity index is 910. The lowest BCUT2D eigenvalue weighted by molar-refractivity contribution is -0.180. The molecule has 27 heavy (non-hydrogen) atoms. The van der Waals surface area contributed by atoms with E-state index in [-0.39, 0.29) is 13.2 Å². The van der Waals surface area contributed by atoms with Gasteiger partial charge in [-0.05, 0) is 12.1 Å². The lowest BCUT2D eigenvalue weighted by atomic mass is 9.98. The number of hydrogen-bond donors (Lipinski definition) is 3. The van der Waals surface area contributed by atoms with Crippen molar-refractivity contribution in [1.82, 2.24) is 14.5 Å². The number of rotatable bonds is 5. The molecule has 3 aromatic heterocycles. The monoisotopic (exact) mass is 374 g/mol. The van der Waals surface area contributed by atoms with E-state index >= 15 is 0 Å². The minimum Gasteiger partial charge on any atom is -0.464 e. The maximum atomic E-state index is 10.9. The Morgan fingerprint density at radius 1 is 1.41 bits per heavy atom. The van der Waals surface area contributed by atoms with Gasteiger partial charge < -0.3 is 34.0 Å². The van der Waals surface area contributed by atoms with Gasteiger partial charge in [0.2, 0.25) is 0 Å². The van der Waals surface area contributed by atoms with Gasteiger partial charge in [-0.2, -0.15) is 0 Å². The maximum Gasteiger partial charge on any atom is 0.146 e. The van der Waals surface area contributed by atoms with E-state index < -0.39 is 24.4 Å². The van der Waals surface area contributed by atoms with Crippen molar-refractivity contribution in [2.75, 3.05) is 32.7 Å². The van der Waals surface area contributed by atoms with E-state index in [4.69, 9.17) is 13.9 Å². The molecule has 0 saturated carbocycles. The topological polar surface area (TPSA) is 115 Å². The smallest absolute Gasteiger partial charge is 0.146 e. The average molecular weight is 374 g/mol. The zero-order valence-corrected chi connectivity index (χ0v) is 15.1. The molecule has 0 aliphatic carbocycles. The minimum absolute atomic E-state index is 0.215. The molecular weight excluding hydrogens is 352 g/mol. The van der Waals surface area contributed by atoms with Crippen molar-refractivity contribution in [1.29, 1.82) is 0 Å². The van der Waals surface area contributed by atoms with E-state index in [2.05, 4.69) is 15.3 Å². The van der Waals surface area contributed by atoms with E-state index in [1.807, 2.05) is 22.9 Å². The molecule has 9 heteroatoms. The second kappa shape index (κ2) is 7.28. The Morgan fingerprint density at radius 2 is 2.26 bits per heavy atom. The predicted molar refractivity (Wildman–Crippen MR) is 97.4 cm³/mol. The zero-order chi connectivity index (χ0) is 19.0. The second-order valence-corrected chi connectivity index (χ2v) is 6.41. The highest BCUT2D eigenvalue weighted by atomic mass is 16.6. The Labute approximate surface area is 155 Å². The lowest BCUT2D eigenvalue weighted by Crippen LogP contribution is -2.52. The summed E-state index contributed by atoms with van der Waals surface area (Å²) in [4.78, 5) is 8.73. The number of aliphatic hydroxyl groups is 2. The van der Waals surface area contributed by atoms with Crippen molar-refractivity contribution in [3.05, 3.63) is 30.9 Å². The summed E-state index contributed by atoms with van der Waals surface area (Å²) in [5.74, 6) is 1.33. The number of anilines is 1. The highest BCUT2D eigenvalue weighted by Crippen LogP contribution is 2.37. The molecule has 0 spiro atoms. The van der Waals surface area contributed by atoms with Crippen LogP contribution in [-0.2, 0) is 9.47 Å². The molecule has 4 heterocycles. The number of hydrogen-bond acceptors (Lipinski definition) is 8. The van der Waals surface area contributed by atoms with Crippen molar-refractivity contribution in [2.45, 2.75) is 24.4 Å². The highest BCUT2D eigenvalue weighted by molar-refractivity contribution is 6.00. The molecule has 144 valence electrons. The van der Waals surface area contributed by atoms with Gasteiger partial charge in [-0.15, -0.1) is 0 Å². The number of furan rings is 1. The fourth-order valence-electron chi connectivity index (χ4n) is 3.69. The van der Waals surface area contributed by atoms with E-state index in [9.17, 15) is 10.2 Å². The second-order valence-electron chi connectivity index (χ2n) is 6.41. The molecule has 1 saturated heterocycles.